The Morgan fingerprint density at radius 3 is 2.35 bits per heavy atom. The molecule has 0 saturated heterocycles. The summed E-state index contributed by atoms with van der Waals surface area (Å²) in [7, 11) is 0. The molecular formula is C32H52O2. The highest BCUT2D eigenvalue weighted by Crippen LogP contribution is 2.32. The summed E-state index contributed by atoms with van der Waals surface area (Å²) in [6, 6.07) is 0. The third-order valence-electron chi connectivity index (χ3n) is 7.30. The molecule has 0 aliphatic heterocycles. The number of allylic oxidation sites excluding steroid dienone is 7. The smallest absolute Gasteiger partial charge is 0.123 e. The lowest BCUT2D eigenvalue weighted by Gasteiger charge is -2.31. The molecule has 1 rings (SSSR count). The summed E-state index contributed by atoms with van der Waals surface area (Å²) >= 11 is 0. The van der Waals surface area contributed by atoms with Crippen LogP contribution in [0.1, 0.15) is 119 Å². The van der Waals surface area contributed by atoms with Gasteiger partial charge in [-0.25, -0.2) is 4.79 Å². The highest BCUT2D eigenvalue weighted by molar-refractivity contribution is 5.51. The maximum Gasteiger partial charge on any atom is 0.123 e. The van der Waals surface area contributed by atoms with Crippen molar-refractivity contribution in [2.75, 3.05) is 6.61 Å². The highest BCUT2D eigenvalue weighted by atomic mass is 16.5. The summed E-state index contributed by atoms with van der Waals surface area (Å²) in [4.78, 5) is 10.5. The van der Waals surface area contributed by atoms with Crippen LogP contribution in [0.5, 0.6) is 0 Å². The summed E-state index contributed by atoms with van der Waals surface area (Å²) in [6.45, 7) is 16.4. The van der Waals surface area contributed by atoms with Crippen LogP contribution in [-0.4, -0.2) is 18.7 Å². The molecular weight excluding hydrogens is 416 g/mol. The molecule has 0 bridgehead atoms. The molecule has 2 nitrogen and oxygen atoms in total. The van der Waals surface area contributed by atoms with Crippen LogP contribution in [0.15, 0.2) is 52.2 Å². The second-order valence-corrected chi connectivity index (χ2v) is 10.7. The van der Waals surface area contributed by atoms with Crippen LogP contribution in [0.3, 0.4) is 0 Å². The van der Waals surface area contributed by atoms with Crippen LogP contribution in [-0.2, 0) is 9.53 Å². The Bertz CT molecular complexity index is 758. The van der Waals surface area contributed by atoms with Gasteiger partial charge >= 0.3 is 0 Å². The number of hydrogen-bond acceptors (Lipinski definition) is 2. The molecule has 1 aliphatic carbocycles. The van der Waals surface area contributed by atoms with Gasteiger partial charge in [-0.05, 0) is 103 Å². The molecule has 1 aliphatic rings. The zero-order valence-corrected chi connectivity index (χ0v) is 23.3. The fourth-order valence-electron chi connectivity index (χ4n) is 4.48. The average molecular weight is 469 g/mol. The molecule has 0 amide bonds. The van der Waals surface area contributed by atoms with Crippen molar-refractivity contribution >= 4 is 5.94 Å². The summed E-state index contributed by atoms with van der Waals surface area (Å²) in [6.07, 6.45) is 22.2. The molecule has 0 aromatic heterocycles. The quantitative estimate of drug-likeness (QED) is 0.121. The number of carbonyl (C=O) groups excluding carboxylic acids is 1. The van der Waals surface area contributed by atoms with Gasteiger partial charge in [0.1, 0.15) is 5.94 Å². The zero-order chi connectivity index (χ0) is 25.3. The molecule has 0 fully saturated rings. The Hall–Kier alpha value is -1.63. The van der Waals surface area contributed by atoms with Crippen molar-refractivity contribution in [2.24, 2.45) is 11.8 Å². The van der Waals surface area contributed by atoms with E-state index in [9.17, 15) is 4.79 Å². The lowest BCUT2D eigenvalue weighted by Crippen LogP contribution is -2.28. The van der Waals surface area contributed by atoms with E-state index in [0.29, 0.717) is 5.92 Å². The summed E-state index contributed by atoms with van der Waals surface area (Å²) in [5.41, 5.74) is 6.71. The molecule has 0 radical (unpaired) electrons. The molecule has 0 aromatic rings. The molecule has 34 heavy (non-hydrogen) atoms. The van der Waals surface area contributed by atoms with Crippen molar-refractivity contribution in [1.82, 2.24) is 0 Å². The van der Waals surface area contributed by atoms with E-state index in [0.717, 1.165) is 50.2 Å². The van der Waals surface area contributed by atoms with Crippen molar-refractivity contribution in [2.45, 2.75) is 125 Å². The van der Waals surface area contributed by atoms with Crippen molar-refractivity contribution < 1.29 is 9.53 Å². The van der Waals surface area contributed by atoms with Gasteiger partial charge in [-0.15, -0.1) is 0 Å². The molecule has 3 atom stereocenters. The largest absolute Gasteiger partial charge is 0.373 e. The van der Waals surface area contributed by atoms with Crippen molar-refractivity contribution in [3.8, 4) is 0 Å². The molecule has 2 heteroatoms. The lowest BCUT2D eigenvalue weighted by molar-refractivity contribution is 0.0461. The van der Waals surface area contributed by atoms with E-state index < -0.39 is 0 Å². The first kappa shape index (κ1) is 30.4. The fraction of sp³-hybridized carbons (Fsp3) is 0.688. The van der Waals surface area contributed by atoms with E-state index in [-0.39, 0.29) is 6.10 Å². The topological polar surface area (TPSA) is 26.3 Å². The van der Waals surface area contributed by atoms with Crippen molar-refractivity contribution in [1.29, 1.82) is 0 Å². The van der Waals surface area contributed by atoms with E-state index >= 15 is 0 Å². The summed E-state index contributed by atoms with van der Waals surface area (Å²) in [5.74, 6) is 3.21. The second kappa shape index (κ2) is 17.8. The number of unbranched alkanes of at least 4 members (excludes halogenated alkanes) is 1. The first-order valence-electron chi connectivity index (χ1n) is 13.8. The number of hydrogen-bond donors (Lipinski definition) is 0. The van der Waals surface area contributed by atoms with Gasteiger partial charge in [0, 0.05) is 18.1 Å². The van der Waals surface area contributed by atoms with Gasteiger partial charge in [-0.2, -0.15) is 0 Å². The van der Waals surface area contributed by atoms with Crippen LogP contribution in [0.2, 0.25) is 0 Å². The average Bonchev–Trinajstić information content (AvgIpc) is 2.81. The fourth-order valence-corrected chi connectivity index (χ4v) is 4.48. The maximum absolute atomic E-state index is 10.5. The van der Waals surface area contributed by atoms with Gasteiger partial charge in [0.05, 0.1) is 6.10 Å². The molecule has 192 valence electrons. The standard InChI is InChI=1S/C32H52O2/c1-8-9-23-34-32-30(7)29(6)20-22-31(32)21-19-27(4)17-11-15-25(2)13-10-14-26(3)16-12-18-28(5)24-33/h15-16,20,22,27,30,32H,8-14,17-19,21,23H2,1-7H3. The maximum atomic E-state index is 10.5. The molecule has 0 heterocycles. The lowest BCUT2D eigenvalue weighted by atomic mass is 9.83. The number of ether oxygens (including phenoxy) is 1. The van der Waals surface area contributed by atoms with Gasteiger partial charge in [0.2, 0.25) is 0 Å². The second-order valence-electron chi connectivity index (χ2n) is 10.7. The van der Waals surface area contributed by atoms with Crippen LogP contribution in [0, 0.1) is 11.8 Å². The summed E-state index contributed by atoms with van der Waals surface area (Å²) in [5, 5.41) is 0. The summed E-state index contributed by atoms with van der Waals surface area (Å²) < 4.78 is 6.32. The normalized spacial score (nSPS) is 20.0. The predicted octanol–water partition coefficient (Wildman–Crippen LogP) is 9.51. The van der Waals surface area contributed by atoms with Crippen LogP contribution >= 0.6 is 0 Å². The van der Waals surface area contributed by atoms with E-state index in [2.05, 4.69) is 65.8 Å². The van der Waals surface area contributed by atoms with E-state index in [1.807, 2.05) is 12.9 Å². The Morgan fingerprint density at radius 1 is 1.03 bits per heavy atom. The molecule has 0 N–H and O–H groups in total. The van der Waals surface area contributed by atoms with Crippen molar-refractivity contribution in [3.63, 3.8) is 0 Å². The molecule has 3 unspecified atom stereocenters. The SMILES string of the molecule is CCCCOC1C(CCC(C)CCC=C(C)CCCC(C)=CCCC(C)=C=O)=CC=C(C)C1C. The van der Waals surface area contributed by atoms with Gasteiger partial charge in [0.25, 0.3) is 0 Å². The van der Waals surface area contributed by atoms with Gasteiger partial charge < -0.3 is 4.74 Å². The zero-order valence-electron chi connectivity index (χ0n) is 23.3. The Kier molecular flexibility index (Phi) is 15.9. The van der Waals surface area contributed by atoms with Gasteiger partial charge in [0.15, 0.2) is 0 Å². The molecule has 0 saturated carbocycles. The Labute approximate surface area is 211 Å². The minimum absolute atomic E-state index is 0.272. The molecule has 0 aromatic carbocycles. The van der Waals surface area contributed by atoms with E-state index in [1.54, 1.807) is 0 Å². The van der Waals surface area contributed by atoms with Crippen LogP contribution in [0.25, 0.3) is 0 Å². The first-order valence-corrected chi connectivity index (χ1v) is 13.8. The Balaban J connectivity index is 2.34. The monoisotopic (exact) mass is 468 g/mol. The van der Waals surface area contributed by atoms with E-state index in [4.69, 9.17) is 4.74 Å². The van der Waals surface area contributed by atoms with Crippen LogP contribution in [0.4, 0.5) is 0 Å². The van der Waals surface area contributed by atoms with Gasteiger partial charge in [-0.3, -0.25) is 0 Å². The highest BCUT2D eigenvalue weighted by Gasteiger charge is 2.25. The molecule has 0 spiro atoms. The van der Waals surface area contributed by atoms with Crippen molar-refractivity contribution in [3.05, 3.63) is 52.2 Å². The minimum Gasteiger partial charge on any atom is -0.373 e. The number of rotatable bonds is 17. The first-order chi connectivity index (χ1) is 16.3. The predicted molar refractivity (Wildman–Crippen MR) is 149 cm³/mol. The third kappa shape index (κ3) is 12.7. The Morgan fingerprint density at radius 2 is 1.71 bits per heavy atom. The third-order valence-corrected chi connectivity index (χ3v) is 7.30. The van der Waals surface area contributed by atoms with Gasteiger partial charge in [-0.1, -0.05) is 68.2 Å². The minimum atomic E-state index is 0.272. The van der Waals surface area contributed by atoms with E-state index in [1.165, 1.54) is 60.8 Å². The van der Waals surface area contributed by atoms with Crippen LogP contribution < -0.4 is 0 Å².